The molecule has 1 aliphatic heterocycles. The number of benzene rings is 2. The monoisotopic (exact) mass is 395 g/mol. The van der Waals surface area contributed by atoms with E-state index in [4.69, 9.17) is 0 Å². The van der Waals surface area contributed by atoms with Crippen LogP contribution in [-0.2, 0) is 11.3 Å². The van der Waals surface area contributed by atoms with E-state index in [2.05, 4.69) is 37.2 Å². The number of hydrogen-bond acceptors (Lipinski definition) is 2. The second kappa shape index (κ2) is 6.22. The third kappa shape index (κ3) is 2.96. The van der Waals surface area contributed by atoms with E-state index >= 15 is 0 Å². The highest BCUT2D eigenvalue weighted by atomic mass is 79.9. The van der Waals surface area contributed by atoms with Crippen LogP contribution in [0.25, 0.3) is 17.0 Å². The number of urea groups is 1. The van der Waals surface area contributed by atoms with Crippen LogP contribution in [0, 0.1) is 0 Å². The first-order chi connectivity index (χ1) is 12.1. The molecule has 1 aromatic heterocycles. The highest BCUT2D eigenvalue weighted by Gasteiger charge is 2.23. The lowest BCUT2D eigenvalue weighted by atomic mass is 10.1. The van der Waals surface area contributed by atoms with Crippen molar-refractivity contribution in [3.8, 4) is 0 Å². The molecule has 25 heavy (non-hydrogen) atoms. The standard InChI is InChI=1S/C19H14BrN3O2/c20-15-7-3-1-5-12(15)10-23-11-13(14-6-2-4-8-17(14)23)9-16-18(24)22-19(25)21-16/h1-9,11H,10H2,(H2,21,22,24,25)/b16-9-. The van der Waals surface area contributed by atoms with Crippen molar-refractivity contribution < 1.29 is 9.59 Å². The number of hydrogen-bond donors (Lipinski definition) is 2. The molecule has 1 saturated heterocycles. The van der Waals surface area contributed by atoms with Crippen LogP contribution in [-0.4, -0.2) is 16.5 Å². The van der Waals surface area contributed by atoms with Gasteiger partial charge in [-0.05, 0) is 23.8 Å². The highest BCUT2D eigenvalue weighted by Crippen LogP contribution is 2.26. The third-order valence-electron chi connectivity index (χ3n) is 4.14. The van der Waals surface area contributed by atoms with Gasteiger partial charge in [-0.3, -0.25) is 10.1 Å². The normalized spacial score (nSPS) is 15.6. The van der Waals surface area contributed by atoms with Crippen molar-refractivity contribution in [2.75, 3.05) is 0 Å². The van der Waals surface area contributed by atoms with Crippen LogP contribution < -0.4 is 10.6 Å². The van der Waals surface area contributed by atoms with E-state index in [0.29, 0.717) is 6.54 Å². The Kier molecular flexibility index (Phi) is 3.89. The maximum Gasteiger partial charge on any atom is 0.326 e. The Morgan fingerprint density at radius 2 is 1.76 bits per heavy atom. The van der Waals surface area contributed by atoms with E-state index in [1.807, 2.05) is 48.7 Å². The fourth-order valence-electron chi connectivity index (χ4n) is 2.97. The van der Waals surface area contributed by atoms with Crippen LogP contribution in [0.1, 0.15) is 11.1 Å². The molecule has 4 rings (SSSR count). The van der Waals surface area contributed by atoms with Gasteiger partial charge in [-0.15, -0.1) is 0 Å². The summed E-state index contributed by atoms with van der Waals surface area (Å²) in [5.41, 5.74) is 3.37. The summed E-state index contributed by atoms with van der Waals surface area (Å²) >= 11 is 3.58. The minimum absolute atomic E-state index is 0.258. The lowest BCUT2D eigenvalue weighted by molar-refractivity contribution is -0.115. The van der Waals surface area contributed by atoms with E-state index < -0.39 is 11.9 Å². The molecule has 0 saturated carbocycles. The minimum Gasteiger partial charge on any atom is -0.342 e. The predicted octanol–water partition coefficient (Wildman–Crippen LogP) is 3.63. The number of nitrogens with one attached hydrogen (secondary N) is 2. The minimum atomic E-state index is -0.492. The van der Waals surface area contributed by atoms with Gasteiger partial charge in [-0.2, -0.15) is 0 Å². The van der Waals surface area contributed by atoms with Gasteiger partial charge in [0.05, 0.1) is 0 Å². The van der Waals surface area contributed by atoms with Crippen molar-refractivity contribution in [1.29, 1.82) is 0 Å². The Hall–Kier alpha value is -2.86. The summed E-state index contributed by atoms with van der Waals surface area (Å²) in [7, 11) is 0. The lowest BCUT2D eigenvalue weighted by Gasteiger charge is -2.07. The Morgan fingerprint density at radius 1 is 1.00 bits per heavy atom. The lowest BCUT2D eigenvalue weighted by Crippen LogP contribution is -2.22. The van der Waals surface area contributed by atoms with Gasteiger partial charge in [-0.1, -0.05) is 52.3 Å². The van der Waals surface area contributed by atoms with Crippen LogP contribution in [0.2, 0.25) is 0 Å². The van der Waals surface area contributed by atoms with Crippen LogP contribution in [0.3, 0.4) is 0 Å². The molecular weight excluding hydrogens is 382 g/mol. The number of para-hydroxylation sites is 1. The zero-order valence-corrected chi connectivity index (χ0v) is 14.7. The van der Waals surface area contributed by atoms with Crippen LogP contribution in [0.15, 0.2) is 64.9 Å². The number of carbonyl (C=O) groups is 2. The summed E-state index contributed by atoms with van der Waals surface area (Å²) < 4.78 is 3.19. The molecule has 124 valence electrons. The van der Waals surface area contributed by atoms with E-state index in [9.17, 15) is 9.59 Å². The molecule has 3 amide bonds. The van der Waals surface area contributed by atoms with Gasteiger partial charge in [0.2, 0.25) is 0 Å². The number of amides is 3. The Morgan fingerprint density at radius 3 is 2.52 bits per heavy atom. The molecule has 0 unspecified atom stereocenters. The third-order valence-corrected chi connectivity index (χ3v) is 4.91. The van der Waals surface area contributed by atoms with E-state index in [0.717, 1.165) is 26.5 Å². The van der Waals surface area contributed by atoms with Crippen molar-refractivity contribution in [3.05, 3.63) is 76.0 Å². The van der Waals surface area contributed by atoms with Crippen molar-refractivity contribution >= 4 is 44.8 Å². The molecule has 0 bridgehead atoms. The van der Waals surface area contributed by atoms with E-state index in [1.165, 1.54) is 0 Å². The van der Waals surface area contributed by atoms with E-state index in [1.54, 1.807) is 6.08 Å². The van der Waals surface area contributed by atoms with Crippen molar-refractivity contribution in [3.63, 3.8) is 0 Å². The second-order valence-corrected chi connectivity index (χ2v) is 6.64. The van der Waals surface area contributed by atoms with Gasteiger partial charge in [0.1, 0.15) is 5.70 Å². The largest absolute Gasteiger partial charge is 0.342 e. The molecule has 2 heterocycles. The first-order valence-electron chi connectivity index (χ1n) is 7.77. The summed E-state index contributed by atoms with van der Waals surface area (Å²) in [5.74, 6) is -0.410. The molecule has 2 N–H and O–H groups in total. The van der Waals surface area contributed by atoms with Crippen LogP contribution in [0.4, 0.5) is 4.79 Å². The number of fused-ring (bicyclic) bond motifs is 1. The number of rotatable bonds is 3. The van der Waals surface area contributed by atoms with Crippen molar-refractivity contribution in [2.24, 2.45) is 0 Å². The second-order valence-electron chi connectivity index (χ2n) is 5.79. The highest BCUT2D eigenvalue weighted by molar-refractivity contribution is 9.10. The number of carbonyl (C=O) groups excluding carboxylic acids is 2. The van der Waals surface area contributed by atoms with Gasteiger partial charge in [-0.25, -0.2) is 4.79 Å². The average Bonchev–Trinajstić information content (AvgIpc) is 3.10. The van der Waals surface area contributed by atoms with Crippen LogP contribution >= 0.6 is 15.9 Å². The number of imide groups is 1. The fraction of sp³-hybridized carbons (Fsp3) is 0.0526. The molecule has 0 atom stereocenters. The molecule has 6 heteroatoms. The SMILES string of the molecule is O=C1NC(=O)/C(=C/c2cn(Cc3ccccc3Br)c3ccccc23)N1. The zero-order chi connectivity index (χ0) is 17.4. The maximum atomic E-state index is 11.8. The molecule has 1 fully saturated rings. The number of nitrogens with zero attached hydrogens (tertiary/aromatic N) is 1. The molecular formula is C19H14BrN3O2. The number of aromatic nitrogens is 1. The maximum absolute atomic E-state index is 11.8. The zero-order valence-electron chi connectivity index (χ0n) is 13.1. The molecule has 0 spiro atoms. The first-order valence-corrected chi connectivity index (χ1v) is 8.56. The summed E-state index contributed by atoms with van der Waals surface area (Å²) in [4.78, 5) is 23.1. The Balaban J connectivity index is 1.79. The molecule has 5 nitrogen and oxygen atoms in total. The molecule has 3 aromatic rings. The van der Waals surface area contributed by atoms with Gasteiger partial charge >= 0.3 is 6.03 Å². The first kappa shape index (κ1) is 15.7. The van der Waals surface area contributed by atoms with Gasteiger partial charge in [0.15, 0.2) is 0 Å². The summed E-state index contributed by atoms with van der Waals surface area (Å²) in [6, 6.07) is 15.6. The van der Waals surface area contributed by atoms with Gasteiger partial charge in [0, 0.05) is 33.7 Å². The molecule has 0 aliphatic carbocycles. The van der Waals surface area contributed by atoms with Gasteiger partial charge in [0.25, 0.3) is 5.91 Å². The Bertz CT molecular complexity index is 1040. The Labute approximate surface area is 152 Å². The predicted molar refractivity (Wildman–Crippen MR) is 99.8 cm³/mol. The van der Waals surface area contributed by atoms with Crippen molar-refractivity contribution in [1.82, 2.24) is 15.2 Å². The van der Waals surface area contributed by atoms with Crippen LogP contribution in [0.5, 0.6) is 0 Å². The molecule has 1 aliphatic rings. The van der Waals surface area contributed by atoms with Crippen molar-refractivity contribution in [2.45, 2.75) is 6.54 Å². The fourth-order valence-corrected chi connectivity index (χ4v) is 3.38. The van der Waals surface area contributed by atoms with Gasteiger partial charge < -0.3 is 9.88 Å². The molecule has 2 aromatic carbocycles. The molecule has 0 radical (unpaired) electrons. The van der Waals surface area contributed by atoms with E-state index in [-0.39, 0.29) is 5.70 Å². The number of halogens is 1. The summed E-state index contributed by atoms with van der Waals surface area (Å²) in [6.45, 7) is 0.698. The quantitative estimate of drug-likeness (QED) is 0.525. The summed E-state index contributed by atoms with van der Waals surface area (Å²) in [6.07, 6.45) is 3.70. The topological polar surface area (TPSA) is 63.1 Å². The summed E-state index contributed by atoms with van der Waals surface area (Å²) in [5, 5.41) is 5.77. The average molecular weight is 396 g/mol. The smallest absolute Gasteiger partial charge is 0.326 e.